The second-order valence-electron chi connectivity index (χ2n) is 6.53. The van der Waals surface area contributed by atoms with Gasteiger partial charge in [-0.3, -0.25) is 0 Å². The third-order valence-electron chi connectivity index (χ3n) is 4.41. The zero-order chi connectivity index (χ0) is 19.2. The van der Waals surface area contributed by atoms with Crippen LogP contribution < -0.4 is 10.6 Å². The maximum atomic E-state index is 12.5. The smallest absolute Gasteiger partial charge is 0.318 e. The molecule has 0 saturated heterocycles. The van der Waals surface area contributed by atoms with Crippen LogP contribution in [0.3, 0.4) is 0 Å². The van der Waals surface area contributed by atoms with Gasteiger partial charge in [0.2, 0.25) is 5.95 Å². The molecule has 8 nitrogen and oxygen atoms in total. The van der Waals surface area contributed by atoms with E-state index in [2.05, 4.69) is 26.7 Å². The summed E-state index contributed by atoms with van der Waals surface area (Å²) in [5, 5.41) is 23.9. The van der Waals surface area contributed by atoms with E-state index in [-0.39, 0.29) is 18.7 Å². The van der Waals surface area contributed by atoms with Crippen molar-refractivity contribution in [1.82, 2.24) is 20.2 Å². The summed E-state index contributed by atoms with van der Waals surface area (Å²) in [5.74, 6) is 0.454. The molecule has 1 aliphatic heterocycles. The Morgan fingerprint density at radius 1 is 1.41 bits per heavy atom. The molecule has 2 heterocycles. The average molecular weight is 366 g/mol. The number of aliphatic hydroxyl groups is 1. The second-order valence-corrected chi connectivity index (χ2v) is 6.53. The normalized spacial score (nSPS) is 14.0. The molecule has 0 unspecified atom stereocenters. The van der Waals surface area contributed by atoms with Gasteiger partial charge in [0.05, 0.1) is 30.5 Å². The number of nitriles is 1. The summed E-state index contributed by atoms with van der Waals surface area (Å²) < 4.78 is 0. The Morgan fingerprint density at radius 2 is 2.19 bits per heavy atom. The van der Waals surface area contributed by atoms with E-state index in [0.29, 0.717) is 37.6 Å². The van der Waals surface area contributed by atoms with Crippen molar-refractivity contribution in [2.75, 3.05) is 18.5 Å². The number of anilines is 1. The predicted molar refractivity (Wildman–Crippen MR) is 99.7 cm³/mol. The van der Waals surface area contributed by atoms with Crippen LogP contribution in [-0.2, 0) is 19.5 Å². The van der Waals surface area contributed by atoms with Crippen molar-refractivity contribution in [2.24, 2.45) is 0 Å². The number of amides is 2. The molecule has 0 spiro atoms. The average Bonchev–Trinajstić information content (AvgIpc) is 2.71. The van der Waals surface area contributed by atoms with Crippen molar-refractivity contribution < 1.29 is 9.90 Å². The standard InChI is InChI=1S/C19H22N6O2/c1-13(12-26)23-18-21-10-16-6-7-25(11-17(16)24-18)19(27)22-9-15-4-2-14(8-20)3-5-15/h2-5,10,13,26H,6-7,9,11-12H2,1H3,(H,22,27)(H,21,23,24)/t13-/m0/s1. The summed E-state index contributed by atoms with van der Waals surface area (Å²) in [6.07, 6.45) is 2.48. The molecule has 1 atom stereocenters. The van der Waals surface area contributed by atoms with Crippen LogP contribution in [0.5, 0.6) is 0 Å². The van der Waals surface area contributed by atoms with Crippen molar-refractivity contribution in [2.45, 2.75) is 32.5 Å². The van der Waals surface area contributed by atoms with E-state index in [1.54, 1.807) is 23.2 Å². The molecular formula is C19H22N6O2. The molecule has 3 N–H and O–H groups in total. The van der Waals surface area contributed by atoms with E-state index in [9.17, 15) is 4.79 Å². The molecule has 1 aromatic carbocycles. The van der Waals surface area contributed by atoms with Crippen molar-refractivity contribution in [3.05, 3.63) is 52.8 Å². The van der Waals surface area contributed by atoms with Crippen LogP contribution in [0.4, 0.5) is 10.7 Å². The highest BCUT2D eigenvalue weighted by molar-refractivity contribution is 5.74. The van der Waals surface area contributed by atoms with E-state index < -0.39 is 0 Å². The SMILES string of the molecule is C[C@@H](CO)Nc1ncc2c(n1)CN(C(=O)NCc1ccc(C#N)cc1)CC2. The number of carbonyl (C=O) groups is 1. The third kappa shape index (κ3) is 4.71. The lowest BCUT2D eigenvalue weighted by Crippen LogP contribution is -2.42. The maximum Gasteiger partial charge on any atom is 0.318 e. The molecule has 27 heavy (non-hydrogen) atoms. The molecule has 8 heteroatoms. The number of carbonyl (C=O) groups excluding carboxylic acids is 1. The highest BCUT2D eigenvalue weighted by atomic mass is 16.3. The van der Waals surface area contributed by atoms with Crippen molar-refractivity contribution in [3.8, 4) is 6.07 Å². The van der Waals surface area contributed by atoms with Crippen molar-refractivity contribution in [1.29, 1.82) is 5.26 Å². The molecule has 0 aliphatic carbocycles. The van der Waals surface area contributed by atoms with Crippen molar-refractivity contribution >= 4 is 12.0 Å². The molecule has 140 valence electrons. The number of aromatic nitrogens is 2. The number of nitrogens with zero attached hydrogens (tertiary/aromatic N) is 4. The first-order valence-electron chi connectivity index (χ1n) is 8.83. The summed E-state index contributed by atoms with van der Waals surface area (Å²) in [6.45, 7) is 3.25. The molecular weight excluding hydrogens is 344 g/mol. The number of hydrogen-bond acceptors (Lipinski definition) is 6. The zero-order valence-corrected chi connectivity index (χ0v) is 15.1. The van der Waals surface area contributed by atoms with Crippen LogP contribution in [0.2, 0.25) is 0 Å². The minimum absolute atomic E-state index is 0.00960. The Balaban J connectivity index is 1.59. The number of hydrogen-bond donors (Lipinski definition) is 3. The summed E-state index contributed by atoms with van der Waals surface area (Å²) in [6, 6.07) is 8.91. The zero-order valence-electron chi connectivity index (χ0n) is 15.1. The van der Waals surface area contributed by atoms with E-state index in [0.717, 1.165) is 16.8 Å². The monoisotopic (exact) mass is 366 g/mol. The maximum absolute atomic E-state index is 12.5. The molecule has 2 amide bonds. The van der Waals surface area contributed by atoms with Gasteiger partial charge in [0.15, 0.2) is 0 Å². The van der Waals surface area contributed by atoms with Gasteiger partial charge in [-0.1, -0.05) is 12.1 Å². The molecule has 1 aromatic heterocycles. The van der Waals surface area contributed by atoms with Crippen LogP contribution >= 0.6 is 0 Å². The fourth-order valence-corrected chi connectivity index (χ4v) is 2.80. The number of urea groups is 1. The van der Waals surface area contributed by atoms with Crippen LogP contribution in [0.25, 0.3) is 0 Å². The first kappa shape index (κ1) is 18.6. The van der Waals surface area contributed by atoms with Crippen LogP contribution in [0.1, 0.15) is 29.3 Å². The summed E-state index contributed by atoms with van der Waals surface area (Å²) >= 11 is 0. The fourth-order valence-electron chi connectivity index (χ4n) is 2.80. The van der Waals surface area contributed by atoms with Gasteiger partial charge in [0.25, 0.3) is 0 Å². The molecule has 0 radical (unpaired) electrons. The third-order valence-corrected chi connectivity index (χ3v) is 4.41. The van der Waals surface area contributed by atoms with Gasteiger partial charge in [-0.05, 0) is 36.6 Å². The Kier molecular flexibility index (Phi) is 5.84. The van der Waals surface area contributed by atoms with Crippen LogP contribution in [0, 0.1) is 11.3 Å². The summed E-state index contributed by atoms with van der Waals surface area (Å²) in [4.78, 5) is 23.0. The van der Waals surface area contributed by atoms with Gasteiger partial charge in [-0.2, -0.15) is 5.26 Å². The number of fused-ring (bicyclic) bond motifs is 1. The molecule has 1 aliphatic rings. The van der Waals surface area contributed by atoms with Gasteiger partial charge >= 0.3 is 6.03 Å². The topological polar surface area (TPSA) is 114 Å². The Hall–Kier alpha value is -3.18. The minimum Gasteiger partial charge on any atom is -0.394 e. The highest BCUT2D eigenvalue weighted by Gasteiger charge is 2.22. The lowest BCUT2D eigenvalue weighted by Gasteiger charge is -2.28. The van der Waals surface area contributed by atoms with Gasteiger partial charge in [-0.25, -0.2) is 14.8 Å². The number of nitrogens with one attached hydrogen (secondary N) is 2. The summed E-state index contributed by atoms with van der Waals surface area (Å²) in [5.41, 5.74) is 3.38. The molecule has 3 rings (SSSR count). The molecule has 2 aromatic rings. The largest absolute Gasteiger partial charge is 0.394 e. The second kappa shape index (κ2) is 8.47. The number of benzene rings is 1. The molecule has 0 bridgehead atoms. The van der Waals surface area contributed by atoms with E-state index in [4.69, 9.17) is 10.4 Å². The van der Waals surface area contributed by atoms with Gasteiger partial charge in [-0.15, -0.1) is 0 Å². The lowest BCUT2D eigenvalue weighted by molar-refractivity contribution is 0.191. The Morgan fingerprint density at radius 3 is 2.89 bits per heavy atom. The van der Waals surface area contributed by atoms with E-state index in [1.165, 1.54) is 0 Å². The van der Waals surface area contributed by atoms with Gasteiger partial charge in [0, 0.05) is 25.3 Å². The van der Waals surface area contributed by atoms with Crippen LogP contribution in [0.15, 0.2) is 30.5 Å². The number of aliphatic hydroxyl groups excluding tert-OH is 1. The van der Waals surface area contributed by atoms with Crippen LogP contribution in [-0.4, -0.2) is 45.2 Å². The first-order chi connectivity index (χ1) is 13.1. The van der Waals surface area contributed by atoms with Gasteiger partial charge < -0.3 is 20.6 Å². The Bertz CT molecular complexity index is 846. The Labute approximate surface area is 157 Å². The highest BCUT2D eigenvalue weighted by Crippen LogP contribution is 2.18. The molecule has 0 fully saturated rings. The predicted octanol–water partition coefficient (Wildman–Crippen LogP) is 1.41. The summed E-state index contributed by atoms with van der Waals surface area (Å²) in [7, 11) is 0. The number of rotatable bonds is 5. The quantitative estimate of drug-likeness (QED) is 0.737. The lowest BCUT2D eigenvalue weighted by atomic mass is 10.1. The minimum atomic E-state index is -0.151. The fraction of sp³-hybridized carbons (Fsp3) is 0.368. The van der Waals surface area contributed by atoms with E-state index in [1.807, 2.05) is 19.1 Å². The molecule has 0 saturated carbocycles. The first-order valence-corrected chi connectivity index (χ1v) is 8.83. The van der Waals surface area contributed by atoms with E-state index >= 15 is 0 Å². The van der Waals surface area contributed by atoms with Crippen molar-refractivity contribution in [3.63, 3.8) is 0 Å². The van der Waals surface area contributed by atoms with Gasteiger partial charge in [0.1, 0.15) is 0 Å².